The average Bonchev–Trinajstić information content (AvgIpc) is 2.77. The lowest BCUT2D eigenvalue weighted by molar-refractivity contribution is -0.131. The number of hydrogen-bond acceptors (Lipinski definition) is 5. The Labute approximate surface area is 126 Å². The van der Waals surface area contributed by atoms with Crippen LogP contribution in [0, 0.1) is 6.92 Å². The normalized spacial score (nSPS) is 18.0. The van der Waals surface area contributed by atoms with Crippen molar-refractivity contribution in [1.29, 1.82) is 0 Å². The van der Waals surface area contributed by atoms with Crippen LogP contribution in [0.5, 0.6) is 0 Å². The first-order chi connectivity index (χ1) is 9.78. The summed E-state index contributed by atoms with van der Waals surface area (Å²) in [6.07, 6.45) is 2.49. The summed E-state index contributed by atoms with van der Waals surface area (Å²) < 4.78 is 22.7. The third-order valence-electron chi connectivity index (χ3n) is 3.18. The van der Waals surface area contributed by atoms with Crippen LogP contribution in [0.1, 0.15) is 20.1 Å². The summed E-state index contributed by atoms with van der Waals surface area (Å²) in [4.78, 5) is 25.6. The second-order valence-corrected chi connectivity index (χ2v) is 8.16. The van der Waals surface area contributed by atoms with Crippen molar-refractivity contribution in [2.24, 2.45) is 0 Å². The van der Waals surface area contributed by atoms with Crippen molar-refractivity contribution >= 4 is 39.1 Å². The van der Waals surface area contributed by atoms with E-state index in [-0.39, 0.29) is 30.5 Å². The van der Waals surface area contributed by atoms with Gasteiger partial charge >= 0.3 is 5.97 Å². The van der Waals surface area contributed by atoms with Gasteiger partial charge in [-0.15, -0.1) is 11.3 Å². The molecule has 0 atom stereocenters. The number of nitrogens with zero attached hydrogens (tertiary/aromatic N) is 1. The molecular weight excluding hydrogens is 314 g/mol. The highest BCUT2D eigenvalue weighted by molar-refractivity contribution is 7.91. The second kappa shape index (κ2) is 5.98. The Hall–Kier alpha value is -1.67. The largest absolute Gasteiger partial charge is 0.478 e. The van der Waals surface area contributed by atoms with Gasteiger partial charge in [-0.1, -0.05) is 0 Å². The predicted molar refractivity (Wildman–Crippen MR) is 80.3 cm³/mol. The summed E-state index contributed by atoms with van der Waals surface area (Å²) in [6.45, 7) is 2.21. The van der Waals surface area contributed by atoms with Gasteiger partial charge in [0.25, 0.3) is 5.91 Å². The van der Waals surface area contributed by atoms with Crippen molar-refractivity contribution in [3.8, 4) is 0 Å². The first kappa shape index (κ1) is 15.7. The standard InChI is InChI=1S/C13H15NO5S2/c1-9-8-11(20-10(9)2-3-12(15)16)13(17)14-4-6-21(18,19)7-5-14/h2-3,8H,4-7H2,1H3,(H,15,16)/b3-2+. The van der Waals surface area contributed by atoms with Gasteiger partial charge in [-0.3, -0.25) is 4.79 Å². The topological polar surface area (TPSA) is 91.8 Å². The molecule has 1 amide bonds. The summed E-state index contributed by atoms with van der Waals surface area (Å²) in [5.41, 5.74) is 0.825. The lowest BCUT2D eigenvalue weighted by Gasteiger charge is -2.26. The average molecular weight is 329 g/mol. The van der Waals surface area contributed by atoms with Crippen LogP contribution in [0.3, 0.4) is 0 Å². The molecule has 0 unspecified atom stereocenters. The molecule has 0 bridgehead atoms. The fourth-order valence-corrected chi connectivity index (χ4v) is 4.23. The number of aliphatic carboxylic acids is 1. The SMILES string of the molecule is Cc1cc(C(=O)N2CCS(=O)(=O)CC2)sc1/C=C/C(=O)O. The third-order valence-corrected chi connectivity index (χ3v) is 5.98. The molecule has 1 N–H and O–H groups in total. The molecule has 1 aliphatic heterocycles. The maximum absolute atomic E-state index is 12.3. The molecule has 0 saturated carbocycles. The quantitative estimate of drug-likeness (QED) is 0.836. The Bertz CT molecular complexity index is 688. The van der Waals surface area contributed by atoms with Crippen LogP contribution in [0.2, 0.25) is 0 Å². The lowest BCUT2D eigenvalue weighted by Crippen LogP contribution is -2.43. The van der Waals surface area contributed by atoms with Gasteiger partial charge in [-0.2, -0.15) is 0 Å². The predicted octanol–water partition coefficient (Wildman–Crippen LogP) is 1.02. The molecule has 0 aliphatic carbocycles. The zero-order chi connectivity index (χ0) is 15.6. The van der Waals surface area contributed by atoms with Gasteiger partial charge in [-0.05, 0) is 24.6 Å². The number of carboxylic acid groups (broad SMARTS) is 1. The van der Waals surface area contributed by atoms with E-state index in [1.165, 1.54) is 22.3 Å². The van der Waals surface area contributed by atoms with E-state index in [0.717, 1.165) is 11.6 Å². The Kier molecular flexibility index (Phi) is 4.48. The molecule has 1 aliphatic rings. The van der Waals surface area contributed by atoms with Gasteiger partial charge in [-0.25, -0.2) is 13.2 Å². The number of carbonyl (C=O) groups is 2. The molecule has 0 aromatic carbocycles. The van der Waals surface area contributed by atoms with Gasteiger partial charge in [0.15, 0.2) is 9.84 Å². The van der Waals surface area contributed by atoms with Crippen LogP contribution in [0.4, 0.5) is 0 Å². The minimum Gasteiger partial charge on any atom is -0.478 e. The molecule has 114 valence electrons. The molecule has 0 spiro atoms. The first-order valence-corrected chi connectivity index (χ1v) is 8.93. The van der Waals surface area contributed by atoms with Crippen molar-refractivity contribution in [2.45, 2.75) is 6.92 Å². The van der Waals surface area contributed by atoms with Gasteiger partial charge in [0.05, 0.1) is 16.4 Å². The number of thiophene rings is 1. The van der Waals surface area contributed by atoms with Crippen molar-refractivity contribution in [3.63, 3.8) is 0 Å². The first-order valence-electron chi connectivity index (χ1n) is 6.29. The van der Waals surface area contributed by atoms with Crippen LogP contribution < -0.4 is 0 Å². The molecule has 2 heterocycles. The monoisotopic (exact) mass is 329 g/mol. The summed E-state index contributed by atoms with van der Waals surface area (Å²) in [6, 6.07) is 1.71. The van der Waals surface area contributed by atoms with Crippen LogP contribution in [0.25, 0.3) is 6.08 Å². The maximum atomic E-state index is 12.3. The van der Waals surface area contributed by atoms with Crippen LogP contribution >= 0.6 is 11.3 Å². The van der Waals surface area contributed by atoms with E-state index in [1.807, 2.05) is 0 Å². The van der Waals surface area contributed by atoms with Crippen LogP contribution in [-0.2, 0) is 14.6 Å². The summed E-state index contributed by atoms with van der Waals surface area (Å²) >= 11 is 1.21. The number of hydrogen-bond donors (Lipinski definition) is 1. The molecule has 6 nitrogen and oxygen atoms in total. The molecule has 1 fully saturated rings. The number of rotatable bonds is 3. The molecular formula is C13H15NO5S2. The zero-order valence-electron chi connectivity index (χ0n) is 11.4. The molecule has 2 rings (SSSR count). The Balaban J connectivity index is 2.14. The Morgan fingerprint density at radius 2 is 1.95 bits per heavy atom. The van der Waals surface area contributed by atoms with E-state index in [1.54, 1.807) is 13.0 Å². The highest BCUT2D eigenvalue weighted by Crippen LogP contribution is 2.25. The maximum Gasteiger partial charge on any atom is 0.328 e. The van der Waals surface area contributed by atoms with Gasteiger partial charge in [0.1, 0.15) is 0 Å². The Morgan fingerprint density at radius 3 is 2.52 bits per heavy atom. The van der Waals surface area contributed by atoms with Crippen LogP contribution in [0.15, 0.2) is 12.1 Å². The van der Waals surface area contributed by atoms with E-state index in [4.69, 9.17) is 5.11 Å². The number of aryl methyl sites for hydroxylation is 1. The van der Waals surface area contributed by atoms with E-state index in [0.29, 0.717) is 9.75 Å². The fourth-order valence-electron chi connectivity index (χ4n) is 1.99. The van der Waals surface area contributed by atoms with E-state index < -0.39 is 15.8 Å². The molecule has 1 saturated heterocycles. The minimum atomic E-state index is -3.02. The van der Waals surface area contributed by atoms with E-state index in [2.05, 4.69) is 0 Å². The number of sulfone groups is 1. The van der Waals surface area contributed by atoms with Crippen LogP contribution in [-0.4, -0.2) is 54.9 Å². The molecule has 1 aromatic heterocycles. The number of amides is 1. The van der Waals surface area contributed by atoms with Gasteiger partial charge in [0, 0.05) is 24.0 Å². The van der Waals surface area contributed by atoms with Crippen molar-refractivity contribution in [3.05, 3.63) is 27.5 Å². The second-order valence-electron chi connectivity index (χ2n) is 4.77. The smallest absolute Gasteiger partial charge is 0.328 e. The van der Waals surface area contributed by atoms with Crippen molar-refractivity contribution in [2.75, 3.05) is 24.6 Å². The van der Waals surface area contributed by atoms with Crippen molar-refractivity contribution < 1.29 is 23.1 Å². The highest BCUT2D eigenvalue weighted by Gasteiger charge is 2.26. The highest BCUT2D eigenvalue weighted by atomic mass is 32.2. The van der Waals surface area contributed by atoms with Crippen molar-refractivity contribution in [1.82, 2.24) is 4.90 Å². The lowest BCUT2D eigenvalue weighted by atomic mass is 10.2. The fraction of sp³-hybridized carbons (Fsp3) is 0.385. The number of carboxylic acids is 1. The molecule has 1 aromatic rings. The van der Waals surface area contributed by atoms with Gasteiger partial charge < -0.3 is 10.0 Å². The molecule has 8 heteroatoms. The summed E-state index contributed by atoms with van der Waals surface area (Å²) in [5.74, 6) is -1.26. The third kappa shape index (κ3) is 3.92. The summed E-state index contributed by atoms with van der Waals surface area (Å²) in [7, 11) is -3.02. The summed E-state index contributed by atoms with van der Waals surface area (Å²) in [5, 5.41) is 8.62. The van der Waals surface area contributed by atoms with E-state index in [9.17, 15) is 18.0 Å². The molecule has 21 heavy (non-hydrogen) atoms. The van der Waals surface area contributed by atoms with E-state index >= 15 is 0 Å². The van der Waals surface area contributed by atoms with Gasteiger partial charge in [0.2, 0.25) is 0 Å². The Morgan fingerprint density at radius 1 is 1.33 bits per heavy atom. The zero-order valence-corrected chi connectivity index (χ0v) is 13.0. The molecule has 0 radical (unpaired) electrons. The minimum absolute atomic E-state index is 0.00509. The number of carbonyl (C=O) groups excluding carboxylic acids is 1.